The van der Waals surface area contributed by atoms with E-state index in [-0.39, 0.29) is 11.9 Å². The normalized spacial score (nSPS) is 22.8. The molecule has 1 aliphatic heterocycles. The maximum Gasteiger partial charge on any atom is 0.498 e. The Labute approximate surface area is 167 Å². The maximum absolute atomic E-state index is 6.26. The topological polar surface area (TPSA) is 79.5 Å². The lowest BCUT2D eigenvalue weighted by atomic mass is 9.72. The molecular weight excluding hydrogens is 353 g/mol. The molecule has 0 spiro atoms. The largest absolute Gasteiger partial charge is 0.498 e. The second kappa shape index (κ2) is 6.74. The van der Waals surface area contributed by atoms with Crippen molar-refractivity contribution in [1.29, 1.82) is 0 Å². The summed E-state index contributed by atoms with van der Waals surface area (Å²) >= 11 is 0. The SMILES string of the molecule is COc1cccc2c1CCC(c1nc(N)ncc1B1OC(C)(C)C(C)(C)O1)C2. The van der Waals surface area contributed by atoms with E-state index in [2.05, 4.69) is 16.0 Å². The standard InChI is InChI=1S/C21H28BN3O3/c1-20(2)21(3,4)28-22(27-20)16-12-24-19(23)25-18(16)14-9-10-15-13(11-14)7-6-8-17(15)26-5/h6-8,12,14H,9-11H2,1-5H3,(H2,23,24,25). The Kier molecular flexibility index (Phi) is 4.63. The number of hydrogen-bond acceptors (Lipinski definition) is 6. The zero-order valence-corrected chi connectivity index (χ0v) is 17.3. The number of ether oxygens (including phenoxy) is 1. The molecular formula is C21H28BN3O3. The Morgan fingerprint density at radius 1 is 1.18 bits per heavy atom. The van der Waals surface area contributed by atoms with Gasteiger partial charge in [-0.05, 0) is 64.2 Å². The van der Waals surface area contributed by atoms with Crippen LogP contribution in [0.5, 0.6) is 5.75 Å². The Hall–Kier alpha value is -2.12. The minimum atomic E-state index is -0.493. The molecule has 2 aromatic rings. The number of benzene rings is 1. The van der Waals surface area contributed by atoms with E-state index in [0.29, 0.717) is 0 Å². The molecule has 2 N–H and O–H groups in total. The molecule has 2 aliphatic rings. The van der Waals surface area contributed by atoms with Crippen LogP contribution in [0.3, 0.4) is 0 Å². The number of nitrogens with two attached hydrogens (primary N) is 1. The highest BCUT2D eigenvalue weighted by molar-refractivity contribution is 6.62. The average molecular weight is 381 g/mol. The fraction of sp³-hybridized carbons (Fsp3) is 0.524. The summed E-state index contributed by atoms with van der Waals surface area (Å²) in [5.41, 5.74) is 9.53. The molecule has 0 bridgehead atoms. The minimum absolute atomic E-state index is 0.235. The maximum atomic E-state index is 6.26. The smallest absolute Gasteiger partial charge is 0.496 e. The van der Waals surface area contributed by atoms with Crippen LogP contribution in [-0.2, 0) is 22.2 Å². The van der Waals surface area contributed by atoms with Gasteiger partial charge in [0.05, 0.1) is 18.3 Å². The molecule has 7 heteroatoms. The van der Waals surface area contributed by atoms with Crippen LogP contribution >= 0.6 is 0 Å². The van der Waals surface area contributed by atoms with E-state index in [1.807, 2.05) is 39.8 Å². The van der Waals surface area contributed by atoms with E-state index in [4.69, 9.17) is 19.8 Å². The number of nitrogen functional groups attached to an aromatic ring is 1. The van der Waals surface area contributed by atoms with Crippen molar-refractivity contribution in [2.45, 2.75) is 64.1 Å². The third-order valence-electron chi connectivity index (χ3n) is 6.42. The molecule has 0 amide bonds. The zero-order chi connectivity index (χ0) is 20.1. The number of methoxy groups -OCH3 is 1. The molecule has 4 rings (SSSR count). The predicted molar refractivity (Wildman–Crippen MR) is 110 cm³/mol. The molecule has 1 aromatic heterocycles. The minimum Gasteiger partial charge on any atom is -0.496 e. The number of nitrogens with zero attached hydrogens (tertiary/aromatic N) is 2. The summed E-state index contributed by atoms with van der Waals surface area (Å²) in [6.45, 7) is 8.20. The van der Waals surface area contributed by atoms with Crippen LogP contribution < -0.4 is 15.9 Å². The summed E-state index contributed by atoms with van der Waals surface area (Å²) in [5, 5.41) is 0. The highest BCUT2D eigenvalue weighted by Crippen LogP contribution is 2.39. The summed E-state index contributed by atoms with van der Waals surface area (Å²) in [6, 6.07) is 6.24. The fourth-order valence-electron chi connectivity index (χ4n) is 4.09. The van der Waals surface area contributed by atoms with Gasteiger partial charge in [-0.25, -0.2) is 9.97 Å². The van der Waals surface area contributed by atoms with Crippen LogP contribution in [0.4, 0.5) is 5.95 Å². The van der Waals surface area contributed by atoms with E-state index in [1.54, 1.807) is 13.3 Å². The van der Waals surface area contributed by atoms with Crippen molar-refractivity contribution in [3.05, 3.63) is 41.2 Å². The van der Waals surface area contributed by atoms with Gasteiger partial charge in [0, 0.05) is 23.3 Å². The molecule has 0 saturated carbocycles. The van der Waals surface area contributed by atoms with Gasteiger partial charge in [0.1, 0.15) is 5.75 Å². The quantitative estimate of drug-likeness (QED) is 0.824. The third-order valence-corrected chi connectivity index (χ3v) is 6.42. The van der Waals surface area contributed by atoms with Gasteiger partial charge in [0.15, 0.2) is 0 Å². The Bertz CT molecular complexity index is 884. The van der Waals surface area contributed by atoms with Crippen molar-refractivity contribution in [1.82, 2.24) is 9.97 Å². The molecule has 1 unspecified atom stereocenters. The second-order valence-corrected chi connectivity index (χ2v) is 8.69. The van der Waals surface area contributed by atoms with Crippen molar-refractivity contribution in [2.24, 2.45) is 0 Å². The van der Waals surface area contributed by atoms with E-state index in [9.17, 15) is 0 Å². The van der Waals surface area contributed by atoms with Crippen LogP contribution in [0.25, 0.3) is 0 Å². The summed E-state index contributed by atoms with van der Waals surface area (Å²) in [7, 11) is 1.23. The monoisotopic (exact) mass is 381 g/mol. The lowest BCUT2D eigenvalue weighted by molar-refractivity contribution is 0.00578. The van der Waals surface area contributed by atoms with Gasteiger partial charge in [0.2, 0.25) is 5.95 Å². The van der Waals surface area contributed by atoms with Crippen LogP contribution in [0.2, 0.25) is 0 Å². The molecule has 148 valence electrons. The van der Waals surface area contributed by atoms with Crippen LogP contribution in [0.15, 0.2) is 24.4 Å². The summed E-state index contributed by atoms with van der Waals surface area (Å²) < 4.78 is 18.1. The molecule has 1 fully saturated rings. The summed E-state index contributed by atoms with van der Waals surface area (Å²) in [4.78, 5) is 8.86. The average Bonchev–Trinajstić information content (AvgIpc) is 2.87. The second-order valence-electron chi connectivity index (χ2n) is 8.69. The van der Waals surface area contributed by atoms with Crippen molar-refractivity contribution in [2.75, 3.05) is 12.8 Å². The molecule has 28 heavy (non-hydrogen) atoms. The first kappa shape index (κ1) is 19.2. The lowest BCUT2D eigenvalue weighted by Gasteiger charge is -2.32. The fourth-order valence-corrected chi connectivity index (χ4v) is 4.09. The molecule has 2 heterocycles. The Morgan fingerprint density at radius 3 is 2.57 bits per heavy atom. The number of anilines is 1. The zero-order valence-electron chi connectivity index (χ0n) is 17.3. The van der Waals surface area contributed by atoms with Gasteiger partial charge in [0.25, 0.3) is 0 Å². The summed E-state index contributed by atoms with van der Waals surface area (Å²) in [6.07, 6.45) is 4.56. The van der Waals surface area contributed by atoms with E-state index in [1.165, 1.54) is 11.1 Å². The number of hydrogen-bond donors (Lipinski definition) is 1. The van der Waals surface area contributed by atoms with Crippen LogP contribution in [0, 0.1) is 0 Å². The Morgan fingerprint density at radius 2 is 1.89 bits per heavy atom. The van der Waals surface area contributed by atoms with E-state index in [0.717, 1.165) is 36.2 Å². The van der Waals surface area contributed by atoms with Gasteiger partial charge < -0.3 is 19.8 Å². The number of aromatic nitrogens is 2. The third kappa shape index (κ3) is 3.16. The van der Waals surface area contributed by atoms with Gasteiger partial charge in [-0.15, -0.1) is 0 Å². The van der Waals surface area contributed by atoms with Gasteiger partial charge in [-0.3, -0.25) is 0 Å². The summed E-state index contributed by atoms with van der Waals surface area (Å²) in [5.74, 6) is 1.48. The lowest BCUT2D eigenvalue weighted by Crippen LogP contribution is -2.41. The first-order chi connectivity index (χ1) is 13.2. The van der Waals surface area contributed by atoms with Crippen LogP contribution in [-0.4, -0.2) is 35.4 Å². The molecule has 1 aliphatic carbocycles. The number of fused-ring (bicyclic) bond motifs is 1. The molecule has 1 saturated heterocycles. The van der Waals surface area contributed by atoms with E-state index < -0.39 is 18.3 Å². The molecule has 6 nitrogen and oxygen atoms in total. The van der Waals surface area contributed by atoms with Crippen molar-refractivity contribution in [3.8, 4) is 5.75 Å². The van der Waals surface area contributed by atoms with Crippen molar-refractivity contribution < 1.29 is 14.0 Å². The molecule has 1 atom stereocenters. The first-order valence-electron chi connectivity index (χ1n) is 9.84. The van der Waals surface area contributed by atoms with Crippen molar-refractivity contribution >= 4 is 18.5 Å². The first-order valence-corrected chi connectivity index (χ1v) is 9.84. The highest BCUT2D eigenvalue weighted by Gasteiger charge is 2.53. The predicted octanol–water partition coefficient (Wildman–Crippen LogP) is 2.64. The van der Waals surface area contributed by atoms with Gasteiger partial charge >= 0.3 is 7.12 Å². The van der Waals surface area contributed by atoms with Crippen LogP contribution in [0.1, 0.15) is 56.9 Å². The van der Waals surface area contributed by atoms with Crippen molar-refractivity contribution in [3.63, 3.8) is 0 Å². The van der Waals surface area contributed by atoms with Gasteiger partial charge in [-0.1, -0.05) is 12.1 Å². The van der Waals surface area contributed by atoms with Gasteiger partial charge in [-0.2, -0.15) is 0 Å². The Balaban J connectivity index is 1.69. The highest BCUT2D eigenvalue weighted by atomic mass is 16.7. The number of rotatable bonds is 3. The molecule has 0 radical (unpaired) electrons. The van der Waals surface area contributed by atoms with E-state index >= 15 is 0 Å². The molecule has 1 aromatic carbocycles.